The van der Waals surface area contributed by atoms with E-state index in [1.165, 1.54) is 30.3 Å². The third-order valence-corrected chi connectivity index (χ3v) is 18.3. The first-order valence-electron chi connectivity index (χ1n) is 26.6. The number of Topliss-reactive ketones (excluding diaryl/α,β-unsaturated/α-hetero) is 2. The van der Waals surface area contributed by atoms with Gasteiger partial charge in [0.05, 0.1) is 23.2 Å². The fourth-order valence-corrected chi connectivity index (χ4v) is 12.3. The Morgan fingerprint density at radius 2 is 1.14 bits per heavy atom. The quantitative estimate of drug-likeness (QED) is 0.0795. The molecule has 0 aliphatic heterocycles. The van der Waals surface area contributed by atoms with Crippen molar-refractivity contribution in [3.05, 3.63) is 156 Å². The molecule has 386 valence electrons. The van der Waals surface area contributed by atoms with Crippen LogP contribution >= 0.6 is 0 Å². The monoisotopic (exact) mass is 1020 g/mol. The van der Waals surface area contributed by atoms with Crippen LogP contribution in [0.1, 0.15) is 117 Å². The number of halogens is 2. The SMILES string of the molecule is CC[SiH](CC)CC.Cc1cc(-c2n[nH]c3ccc(C(=O)CC4CCCC(Oc5ccccc5F)C4)cc23)ccn1.Cc1cc(-c2nn(C)c3ccc(C(=O)CC4CCCC(Oc5ccccc5F)C4)cc23)ccn1. The van der Waals surface area contributed by atoms with Gasteiger partial charge in [-0.05, 0) is 162 Å². The molecule has 0 amide bonds. The third-order valence-electron chi connectivity index (χ3n) is 14.8. The van der Waals surface area contributed by atoms with Crippen molar-refractivity contribution in [1.29, 1.82) is 0 Å². The molecular weight excluding hydrogens is 947 g/mol. The number of H-pyrrole nitrogens is 1. The number of aromatic amines is 1. The number of pyridine rings is 2. The number of ketones is 2. The maximum atomic E-state index is 14.0. The Morgan fingerprint density at radius 1 is 0.635 bits per heavy atom. The smallest absolute Gasteiger partial charge is 0.165 e. The fourth-order valence-electron chi connectivity index (χ4n) is 10.6. The van der Waals surface area contributed by atoms with Gasteiger partial charge in [0.25, 0.3) is 0 Å². The fraction of sp³-hybridized carbons (Fsp3) is 0.377. The van der Waals surface area contributed by atoms with Gasteiger partial charge in [0.2, 0.25) is 0 Å². The number of ether oxygens (including phenoxy) is 2. The molecule has 4 aromatic heterocycles. The van der Waals surface area contributed by atoms with Crippen molar-refractivity contribution in [2.45, 2.75) is 129 Å². The van der Waals surface area contributed by atoms with E-state index in [2.05, 4.69) is 40.9 Å². The summed E-state index contributed by atoms with van der Waals surface area (Å²) in [7, 11) is 1.74. The van der Waals surface area contributed by atoms with E-state index in [1.807, 2.05) is 86.2 Å². The summed E-state index contributed by atoms with van der Waals surface area (Å²) in [5.41, 5.74) is 8.74. The highest BCUT2D eigenvalue weighted by atomic mass is 28.3. The van der Waals surface area contributed by atoms with Crippen LogP contribution in [0.25, 0.3) is 44.3 Å². The van der Waals surface area contributed by atoms with E-state index >= 15 is 0 Å². The molecule has 1 N–H and O–H groups in total. The lowest BCUT2D eigenvalue weighted by Gasteiger charge is -2.29. The summed E-state index contributed by atoms with van der Waals surface area (Å²) >= 11 is 0. The summed E-state index contributed by atoms with van der Waals surface area (Å²) in [4.78, 5) is 34.9. The zero-order valence-electron chi connectivity index (χ0n) is 43.8. The number of aromatic nitrogens is 6. The number of nitrogens with one attached hydrogen (secondary N) is 1. The van der Waals surface area contributed by atoms with E-state index in [1.54, 1.807) is 48.8 Å². The van der Waals surface area contributed by atoms with Crippen LogP contribution in [0.2, 0.25) is 18.1 Å². The van der Waals surface area contributed by atoms with Crippen molar-refractivity contribution in [2.75, 3.05) is 0 Å². The molecule has 0 bridgehead atoms. The first-order chi connectivity index (χ1) is 35.9. The molecule has 74 heavy (non-hydrogen) atoms. The van der Waals surface area contributed by atoms with Crippen LogP contribution in [-0.4, -0.2) is 62.5 Å². The summed E-state index contributed by atoms with van der Waals surface area (Å²) in [6.07, 6.45) is 11.6. The Balaban J connectivity index is 0.000000175. The van der Waals surface area contributed by atoms with E-state index in [9.17, 15) is 18.4 Å². The molecule has 0 radical (unpaired) electrons. The average Bonchev–Trinajstić information content (AvgIpc) is 3.99. The van der Waals surface area contributed by atoms with Gasteiger partial charge in [-0.25, -0.2) is 8.78 Å². The number of nitrogens with zero attached hydrogens (tertiary/aromatic N) is 5. The Kier molecular flexibility index (Phi) is 18.3. The summed E-state index contributed by atoms with van der Waals surface area (Å²) in [6.45, 7) is 10.9. The lowest BCUT2D eigenvalue weighted by molar-refractivity contribution is 0.0864. The van der Waals surface area contributed by atoms with Gasteiger partial charge in [-0.2, -0.15) is 10.2 Å². The Labute approximate surface area is 436 Å². The molecule has 4 aromatic carbocycles. The molecule has 13 heteroatoms. The van der Waals surface area contributed by atoms with Gasteiger partial charge in [-0.1, -0.05) is 63.2 Å². The summed E-state index contributed by atoms with van der Waals surface area (Å²) in [5.74, 6) is 0.593. The van der Waals surface area contributed by atoms with Crippen LogP contribution in [0, 0.1) is 37.3 Å². The van der Waals surface area contributed by atoms with Crippen molar-refractivity contribution in [2.24, 2.45) is 18.9 Å². The van der Waals surface area contributed by atoms with Gasteiger partial charge in [0, 0.05) is 85.5 Å². The molecule has 2 aliphatic carbocycles. The average molecular weight is 1020 g/mol. The van der Waals surface area contributed by atoms with Crippen LogP contribution in [0.5, 0.6) is 11.5 Å². The maximum absolute atomic E-state index is 14.0. The maximum Gasteiger partial charge on any atom is 0.165 e. The second-order valence-electron chi connectivity index (χ2n) is 20.2. The minimum atomic E-state index is -0.343. The number of para-hydroxylation sites is 2. The van der Waals surface area contributed by atoms with Crippen LogP contribution in [-0.2, 0) is 7.05 Å². The Morgan fingerprint density at radius 3 is 1.64 bits per heavy atom. The minimum absolute atomic E-state index is 0.0636. The number of aryl methyl sites for hydroxylation is 3. The van der Waals surface area contributed by atoms with Crippen LogP contribution in [0.15, 0.2) is 122 Å². The number of hydrogen-bond acceptors (Lipinski definition) is 8. The third kappa shape index (κ3) is 13.6. The molecule has 8 aromatic rings. The standard InChI is InChI=1S/C28H28FN3O2.C27H26FN3O2.C6H16Si/c1-18-14-21(12-13-30-18)28-23-17-20(10-11-25(23)32(2)31-28)26(33)16-19-6-5-7-22(15-19)34-27-9-4-3-8-24(27)29;1-17-13-20(11-12-29-17)27-22-16-19(9-10-24(22)30-31-27)25(32)15-18-5-4-6-21(14-18)33-26-8-3-2-7-23(26)28;1-4-7(5-2)6-3/h3-4,8-14,17,19,22H,5-7,15-16H2,1-2H3;2-3,7-13,16,18,21H,4-6,14-15H2,1H3,(H,30,31);7H,4-6H2,1-3H3. The highest BCUT2D eigenvalue weighted by molar-refractivity contribution is 6.58. The normalized spacial score (nSPS) is 17.5. The number of carbonyl (C=O) groups is 2. The van der Waals surface area contributed by atoms with Gasteiger partial charge >= 0.3 is 0 Å². The zero-order chi connectivity index (χ0) is 52.1. The Hall–Kier alpha value is -6.86. The highest BCUT2D eigenvalue weighted by Gasteiger charge is 2.28. The molecule has 2 fully saturated rings. The van der Waals surface area contributed by atoms with Crippen LogP contribution < -0.4 is 9.47 Å². The van der Waals surface area contributed by atoms with E-state index in [4.69, 9.17) is 14.6 Å². The molecule has 0 spiro atoms. The first kappa shape index (κ1) is 53.4. The summed E-state index contributed by atoms with van der Waals surface area (Å²) in [5, 5.41) is 14.1. The summed E-state index contributed by atoms with van der Waals surface area (Å²) in [6, 6.07) is 36.9. The predicted molar refractivity (Wildman–Crippen MR) is 295 cm³/mol. The molecule has 4 atom stereocenters. The second kappa shape index (κ2) is 25.4. The van der Waals surface area contributed by atoms with Crippen molar-refractivity contribution in [3.8, 4) is 34.0 Å². The number of hydrogen-bond donors (Lipinski definition) is 1. The Bertz CT molecular complexity index is 3160. The number of rotatable bonds is 15. The second-order valence-corrected chi connectivity index (χ2v) is 24.3. The molecule has 10 rings (SSSR count). The largest absolute Gasteiger partial charge is 0.487 e. The van der Waals surface area contributed by atoms with Crippen molar-refractivity contribution >= 4 is 42.2 Å². The van der Waals surface area contributed by atoms with Gasteiger partial charge in [0.1, 0.15) is 11.4 Å². The number of benzene rings is 4. The van der Waals surface area contributed by atoms with E-state index < -0.39 is 0 Å². The van der Waals surface area contributed by atoms with Gasteiger partial charge in [0.15, 0.2) is 34.7 Å². The van der Waals surface area contributed by atoms with E-state index in [0.29, 0.717) is 35.5 Å². The molecule has 2 saturated carbocycles. The van der Waals surface area contributed by atoms with Crippen molar-refractivity contribution in [1.82, 2.24) is 29.9 Å². The van der Waals surface area contributed by atoms with Crippen molar-refractivity contribution in [3.63, 3.8) is 0 Å². The zero-order valence-corrected chi connectivity index (χ0v) is 44.9. The van der Waals surface area contributed by atoms with Gasteiger partial charge in [-0.3, -0.25) is 29.3 Å². The van der Waals surface area contributed by atoms with Gasteiger partial charge < -0.3 is 9.47 Å². The van der Waals surface area contributed by atoms with Crippen molar-refractivity contribution < 1.29 is 27.8 Å². The molecule has 0 saturated heterocycles. The molecule has 10 nitrogen and oxygen atoms in total. The number of fused-ring (bicyclic) bond motifs is 2. The summed E-state index contributed by atoms with van der Waals surface area (Å²) < 4.78 is 41.7. The molecule has 4 heterocycles. The molecular formula is C61H70F2N6O4Si. The predicted octanol–water partition coefficient (Wildman–Crippen LogP) is 14.8. The van der Waals surface area contributed by atoms with E-state index in [0.717, 1.165) is 107 Å². The van der Waals surface area contributed by atoms with Gasteiger partial charge in [-0.15, -0.1) is 0 Å². The minimum Gasteiger partial charge on any atom is -0.487 e. The topological polar surface area (TPSA) is 125 Å². The lowest BCUT2D eigenvalue weighted by atomic mass is 9.83. The molecule has 4 unspecified atom stereocenters. The first-order valence-corrected chi connectivity index (χ1v) is 29.0. The molecule has 2 aliphatic rings. The number of carbonyl (C=O) groups excluding carboxylic acids is 2. The van der Waals surface area contributed by atoms with Crippen LogP contribution in [0.3, 0.4) is 0 Å². The van der Waals surface area contributed by atoms with Crippen LogP contribution in [0.4, 0.5) is 8.78 Å². The lowest BCUT2D eigenvalue weighted by Crippen LogP contribution is -2.27. The highest BCUT2D eigenvalue weighted by Crippen LogP contribution is 2.35. The van der Waals surface area contributed by atoms with E-state index in [-0.39, 0.29) is 56.0 Å².